The first-order valence-corrected chi connectivity index (χ1v) is 3.43. The Bertz CT molecular complexity index is 418. The zero-order chi connectivity index (χ0) is 9.26. The molecule has 2 aromatic rings. The van der Waals surface area contributed by atoms with Crippen LogP contribution in [0.4, 0.5) is 0 Å². The summed E-state index contributed by atoms with van der Waals surface area (Å²) >= 11 is 0. The van der Waals surface area contributed by atoms with Crippen LogP contribution in [0.25, 0.3) is 5.95 Å². The number of carboxylic acid groups (broad SMARTS) is 1. The van der Waals surface area contributed by atoms with Crippen molar-refractivity contribution in [3.05, 3.63) is 24.3 Å². The molecule has 7 heteroatoms. The lowest BCUT2D eigenvalue weighted by atomic mass is 10.5. The molecule has 0 unspecified atom stereocenters. The van der Waals surface area contributed by atoms with Gasteiger partial charge in [0.25, 0.3) is 0 Å². The molecule has 0 radical (unpaired) electrons. The molecule has 0 aromatic carbocycles. The molecule has 0 aliphatic rings. The van der Waals surface area contributed by atoms with Gasteiger partial charge in [-0.1, -0.05) is 5.21 Å². The number of nitrogens with zero attached hydrogens (tertiary/aromatic N) is 4. The monoisotopic (exact) mass is 179 g/mol. The third-order valence-electron chi connectivity index (χ3n) is 1.45. The van der Waals surface area contributed by atoms with Crippen molar-refractivity contribution in [3.63, 3.8) is 0 Å². The van der Waals surface area contributed by atoms with E-state index < -0.39 is 5.97 Å². The van der Waals surface area contributed by atoms with Gasteiger partial charge in [-0.05, 0) is 0 Å². The fourth-order valence-corrected chi connectivity index (χ4v) is 0.910. The number of hydrogen-bond acceptors (Lipinski definition) is 4. The number of nitrogens with one attached hydrogen (secondary N) is 1. The largest absolute Gasteiger partial charge is 0.476 e. The normalized spacial score (nSPS) is 10.2. The number of imidazole rings is 1. The van der Waals surface area contributed by atoms with Crippen LogP contribution in [0.5, 0.6) is 0 Å². The maximum Gasteiger partial charge on any atom is 0.356 e. The van der Waals surface area contributed by atoms with E-state index in [1.54, 1.807) is 6.20 Å². The first-order valence-electron chi connectivity index (χ1n) is 3.43. The van der Waals surface area contributed by atoms with Gasteiger partial charge in [-0.3, -0.25) is 0 Å². The van der Waals surface area contributed by atoms with Crippen LogP contribution < -0.4 is 0 Å². The summed E-state index contributed by atoms with van der Waals surface area (Å²) in [5.74, 6) is -0.767. The molecule has 0 bridgehead atoms. The van der Waals surface area contributed by atoms with E-state index in [0.717, 1.165) is 10.9 Å². The second-order valence-corrected chi connectivity index (χ2v) is 2.25. The van der Waals surface area contributed by atoms with Crippen molar-refractivity contribution in [1.82, 2.24) is 25.0 Å². The number of carboxylic acids is 1. The van der Waals surface area contributed by atoms with E-state index in [0.29, 0.717) is 5.95 Å². The van der Waals surface area contributed by atoms with Crippen molar-refractivity contribution < 1.29 is 9.90 Å². The van der Waals surface area contributed by atoms with Crippen LogP contribution in [0.3, 0.4) is 0 Å². The number of rotatable bonds is 2. The molecule has 0 aliphatic heterocycles. The Morgan fingerprint density at radius 1 is 1.62 bits per heavy atom. The summed E-state index contributed by atoms with van der Waals surface area (Å²) in [4.78, 5) is 17.2. The second kappa shape index (κ2) is 2.70. The summed E-state index contributed by atoms with van der Waals surface area (Å²) in [6.07, 6.45) is 4.23. The minimum atomic E-state index is -1.10. The van der Waals surface area contributed by atoms with E-state index in [-0.39, 0.29) is 5.69 Å². The van der Waals surface area contributed by atoms with Gasteiger partial charge in [0.1, 0.15) is 0 Å². The van der Waals surface area contributed by atoms with Crippen molar-refractivity contribution in [3.8, 4) is 5.95 Å². The minimum Gasteiger partial charge on any atom is -0.476 e. The third kappa shape index (κ3) is 1.15. The summed E-state index contributed by atoms with van der Waals surface area (Å²) < 4.78 is 1.11. The van der Waals surface area contributed by atoms with Gasteiger partial charge in [-0.25, -0.2) is 9.78 Å². The highest BCUT2D eigenvalue weighted by Crippen LogP contribution is 2.02. The fourth-order valence-electron chi connectivity index (χ4n) is 0.910. The highest BCUT2D eigenvalue weighted by molar-refractivity contribution is 5.85. The van der Waals surface area contributed by atoms with Crippen LogP contribution in [0.2, 0.25) is 0 Å². The van der Waals surface area contributed by atoms with Crippen LogP contribution >= 0.6 is 0 Å². The molecule has 0 saturated carbocycles. The smallest absolute Gasteiger partial charge is 0.356 e. The van der Waals surface area contributed by atoms with Crippen molar-refractivity contribution in [2.24, 2.45) is 0 Å². The van der Waals surface area contributed by atoms with Gasteiger partial charge in [0.05, 0.1) is 6.20 Å². The van der Waals surface area contributed by atoms with E-state index in [2.05, 4.69) is 20.3 Å². The van der Waals surface area contributed by atoms with Crippen LogP contribution in [0.1, 0.15) is 10.5 Å². The molecule has 2 N–H and O–H groups in total. The predicted octanol–water partition coefficient (Wildman–Crippen LogP) is -0.311. The van der Waals surface area contributed by atoms with Crippen LogP contribution in [0, 0.1) is 0 Å². The third-order valence-corrected chi connectivity index (χ3v) is 1.45. The van der Waals surface area contributed by atoms with Gasteiger partial charge < -0.3 is 10.1 Å². The molecule has 0 saturated heterocycles. The molecule has 0 atom stereocenters. The van der Waals surface area contributed by atoms with Crippen LogP contribution in [-0.2, 0) is 0 Å². The first-order chi connectivity index (χ1) is 6.29. The standard InChI is InChI=1S/C6H5N5O2/c12-5(13)4-3-9-10-11(4)6-7-1-2-8-6/h1-3H,(H,7,8)(H,12,13). The summed E-state index contributed by atoms with van der Waals surface area (Å²) in [6, 6.07) is 0. The molecule has 13 heavy (non-hydrogen) atoms. The topological polar surface area (TPSA) is 96.7 Å². The Labute approximate surface area is 72.0 Å². The summed E-state index contributed by atoms with van der Waals surface area (Å²) in [7, 11) is 0. The number of aromatic carboxylic acids is 1. The summed E-state index contributed by atoms with van der Waals surface area (Å²) in [6.45, 7) is 0. The van der Waals surface area contributed by atoms with Crippen molar-refractivity contribution in [2.75, 3.05) is 0 Å². The van der Waals surface area contributed by atoms with Crippen LogP contribution in [0.15, 0.2) is 18.6 Å². The molecule has 7 nitrogen and oxygen atoms in total. The minimum absolute atomic E-state index is 0.0325. The number of carbonyl (C=O) groups is 1. The Balaban J connectivity index is 2.52. The van der Waals surface area contributed by atoms with Gasteiger partial charge in [0, 0.05) is 12.4 Å². The van der Waals surface area contributed by atoms with Crippen LogP contribution in [-0.4, -0.2) is 36.0 Å². The molecule has 2 rings (SSSR count). The van der Waals surface area contributed by atoms with Gasteiger partial charge in [-0.15, -0.1) is 5.10 Å². The lowest BCUT2D eigenvalue weighted by Gasteiger charge is -1.95. The number of aromatic nitrogens is 5. The summed E-state index contributed by atoms with van der Waals surface area (Å²) in [5.41, 5.74) is -0.0325. The number of H-pyrrole nitrogens is 1. The van der Waals surface area contributed by atoms with Gasteiger partial charge in [-0.2, -0.15) is 4.68 Å². The summed E-state index contributed by atoms with van der Waals surface area (Å²) in [5, 5.41) is 15.8. The lowest BCUT2D eigenvalue weighted by molar-refractivity contribution is 0.0686. The molecule has 2 heterocycles. The van der Waals surface area contributed by atoms with E-state index in [1.165, 1.54) is 6.20 Å². The highest BCUT2D eigenvalue weighted by Gasteiger charge is 2.13. The van der Waals surface area contributed by atoms with Gasteiger partial charge >= 0.3 is 5.97 Å². The van der Waals surface area contributed by atoms with Gasteiger partial charge in [0.15, 0.2) is 5.69 Å². The predicted molar refractivity (Wildman–Crippen MR) is 40.5 cm³/mol. The molecule has 0 aliphatic carbocycles. The molecule has 66 valence electrons. The Morgan fingerprint density at radius 2 is 2.46 bits per heavy atom. The average Bonchev–Trinajstić information content (AvgIpc) is 2.74. The van der Waals surface area contributed by atoms with E-state index in [4.69, 9.17) is 5.11 Å². The maximum absolute atomic E-state index is 10.6. The first kappa shape index (κ1) is 7.47. The van der Waals surface area contributed by atoms with Crippen molar-refractivity contribution in [1.29, 1.82) is 0 Å². The quantitative estimate of drug-likeness (QED) is 0.659. The average molecular weight is 179 g/mol. The van der Waals surface area contributed by atoms with E-state index >= 15 is 0 Å². The Kier molecular flexibility index (Phi) is 1.55. The van der Waals surface area contributed by atoms with Crippen molar-refractivity contribution >= 4 is 5.97 Å². The highest BCUT2D eigenvalue weighted by atomic mass is 16.4. The van der Waals surface area contributed by atoms with E-state index in [9.17, 15) is 4.79 Å². The zero-order valence-electron chi connectivity index (χ0n) is 6.38. The molecular weight excluding hydrogens is 174 g/mol. The Hall–Kier alpha value is -2.18. The number of aromatic amines is 1. The second-order valence-electron chi connectivity index (χ2n) is 2.25. The molecular formula is C6H5N5O2. The number of hydrogen-bond donors (Lipinski definition) is 2. The molecule has 0 fully saturated rings. The SMILES string of the molecule is O=C(O)c1cnnn1-c1ncc[nH]1. The maximum atomic E-state index is 10.6. The fraction of sp³-hybridized carbons (Fsp3) is 0. The van der Waals surface area contributed by atoms with Crippen molar-refractivity contribution in [2.45, 2.75) is 0 Å². The molecule has 0 amide bonds. The van der Waals surface area contributed by atoms with E-state index in [1.807, 2.05) is 0 Å². The molecule has 2 aromatic heterocycles. The molecule has 0 spiro atoms. The zero-order valence-corrected chi connectivity index (χ0v) is 6.38. The van der Waals surface area contributed by atoms with Gasteiger partial charge in [0.2, 0.25) is 5.95 Å². The lowest BCUT2D eigenvalue weighted by Crippen LogP contribution is -2.09. The Morgan fingerprint density at radius 3 is 3.08 bits per heavy atom.